The van der Waals surface area contributed by atoms with Crippen LogP contribution in [0.4, 0.5) is 4.39 Å². The first-order valence-corrected chi connectivity index (χ1v) is 6.71. The summed E-state index contributed by atoms with van der Waals surface area (Å²) >= 11 is 0. The van der Waals surface area contributed by atoms with Gasteiger partial charge in [0, 0.05) is 6.42 Å². The molecule has 2 rings (SSSR count). The van der Waals surface area contributed by atoms with Gasteiger partial charge in [0.1, 0.15) is 11.9 Å². The van der Waals surface area contributed by atoms with Crippen molar-refractivity contribution >= 4 is 0 Å². The van der Waals surface area contributed by atoms with Crippen LogP contribution in [0.1, 0.15) is 44.6 Å². The quantitative estimate of drug-likeness (QED) is 0.804. The van der Waals surface area contributed by atoms with Crippen LogP contribution in [-0.2, 0) is 4.74 Å². The Bertz CT molecular complexity index is 355. The van der Waals surface area contributed by atoms with Crippen molar-refractivity contribution in [3.05, 3.63) is 29.8 Å². The molecule has 1 aliphatic rings. The number of hydrogen-bond donors (Lipinski definition) is 0. The number of alkyl halides is 1. The van der Waals surface area contributed by atoms with Crippen LogP contribution in [0, 0.1) is 0 Å². The molecule has 1 fully saturated rings. The highest BCUT2D eigenvalue weighted by atomic mass is 19.1. The molecule has 1 aliphatic heterocycles. The van der Waals surface area contributed by atoms with Crippen molar-refractivity contribution in [2.75, 3.05) is 6.61 Å². The Morgan fingerprint density at radius 2 is 2.06 bits per heavy atom. The standard InChI is InChI=1S/C15H21FO2/c1-3-11(2)12-4-7-14(8-5-12)18-15-9-6-13(16)10-17-15/h4-5,7-8,11,13,15H,3,6,9-10H2,1-2H3. The molecule has 0 saturated carbocycles. The minimum atomic E-state index is -0.836. The summed E-state index contributed by atoms with van der Waals surface area (Å²) in [7, 11) is 0. The molecule has 3 unspecified atom stereocenters. The Morgan fingerprint density at radius 3 is 2.61 bits per heavy atom. The minimum Gasteiger partial charge on any atom is -0.465 e. The second-order valence-corrected chi connectivity index (χ2v) is 4.93. The smallest absolute Gasteiger partial charge is 0.200 e. The van der Waals surface area contributed by atoms with Crippen molar-refractivity contribution in [2.24, 2.45) is 0 Å². The molecule has 0 aliphatic carbocycles. The number of hydrogen-bond acceptors (Lipinski definition) is 2. The highest BCUT2D eigenvalue weighted by Gasteiger charge is 2.22. The molecule has 1 heterocycles. The fraction of sp³-hybridized carbons (Fsp3) is 0.600. The van der Waals surface area contributed by atoms with Crippen molar-refractivity contribution in [3.8, 4) is 5.75 Å². The van der Waals surface area contributed by atoms with Gasteiger partial charge in [0.05, 0.1) is 6.61 Å². The molecule has 1 saturated heterocycles. The predicted octanol–water partition coefficient (Wildman–Crippen LogP) is 4.05. The zero-order chi connectivity index (χ0) is 13.0. The van der Waals surface area contributed by atoms with Gasteiger partial charge >= 0.3 is 0 Å². The molecular formula is C15H21FO2. The van der Waals surface area contributed by atoms with Crippen molar-refractivity contribution in [1.29, 1.82) is 0 Å². The van der Waals surface area contributed by atoms with Crippen LogP contribution in [0.25, 0.3) is 0 Å². The maximum absolute atomic E-state index is 12.9. The van der Waals surface area contributed by atoms with E-state index in [0.717, 1.165) is 12.2 Å². The summed E-state index contributed by atoms with van der Waals surface area (Å²) in [4.78, 5) is 0. The van der Waals surface area contributed by atoms with Gasteiger partial charge < -0.3 is 9.47 Å². The van der Waals surface area contributed by atoms with Gasteiger partial charge in [0.2, 0.25) is 0 Å². The van der Waals surface area contributed by atoms with Crippen LogP contribution in [-0.4, -0.2) is 19.1 Å². The Hall–Kier alpha value is -1.09. The molecule has 18 heavy (non-hydrogen) atoms. The van der Waals surface area contributed by atoms with Crippen LogP contribution < -0.4 is 4.74 Å². The molecule has 0 N–H and O–H groups in total. The van der Waals surface area contributed by atoms with E-state index < -0.39 is 6.17 Å². The highest BCUT2D eigenvalue weighted by Crippen LogP contribution is 2.24. The van der Waals surface area contributed by atoms with E-state index in [2.05, 4.69) is 26.0 Å². The predicted molar refractivity (Wildman–Crippen MR) is 69.6 cm³/mol. The van der Waals surface area contributed by atoms with Crippen LogP contribution in [0.5, 0.6) is 5.75 Å². The Labute approximate surface area is 108 Å². The van der Waals surface area contributed by atoms with Gasteiger partial charge in [-0.2, -0.15) is 0 Å². The van der Waals surface area contributed by atoms with E-state index in [1.54, 1.807) is 0 Å². The summed E-state index contributed by atoms with van der Waals surface area (Å²) in [5.74, 6) is 1.36. The highest BCUT2D eigenvalue weighted by molar-refractivity contribution is 5.29. The molecule has 0 bridgehead atoms. The zero-order valence-electron chi connectivity index (χ0n) is 11.1. The van der Waals surface area contributed by atoms with E-state index in [0.29, 0.717) is 18.8 Å². The summed E-state index contributed by atoms with van der Waals surface area (Å²) in [5, 5.41) is 0. The van der Waals surface area contributed by atoms with Gasteiger partial charge in [-0.1, -0.05) is 26.0 Å². The Kier molecular flexibility index (Phi) is 4.59. The summed E-state index contributed by atoms with van der Waals surface area (Å²) in [6.45, 7) is 4.54. The topological polar surface area (TPSA) is 18.5 Å². The van der Waals surface area contributed by atoms with Crippen molar-refractivity contribution < 1.29 is 13.9 Å². The van der Waals surface area contributed by atoms with E-state index in [1.165, 1.54) is 5.56 Å². The third-order valence-corrected chi connectivity index (χ3v) is 3.51. The average Bonchev–Trinajstić information content (AvgIpc) is 2.41. The van der Waals surface area contributed by atoms with Gasteiger partial charge in [-0.25, -0.2) is 4.39 Å². The lowest BCUT2D eigenvalue weighted by atomic mass is 9.99. The molecule has 0 spiro atoms. The second-order valence-electron chi connectivity index (χ2n) is 4.93. The lowest BCUT2D eigenvalue weighted by molar-refractivity contribution is -0.127. The first-order chi connectivity index (χ1) is 8.69. The number of halogens is 1. The van der Waals surface area contributed by atoms with Crippen molar-refractivity contribution in [3.63, 3.8) is 0 Å². The molecule has 100 valence electrons. The van der Waals surface area contributed by atoms with E-state index in [9.17, 15) is 4.39 Å². The summed E-state index contributed by atoms with van der Waals surface area (Å²) < 4.78 is 23.9. The molecule has 0 amide bonds. The summed E-state index contributed by atoms with van der Waals surface area (Å²) in [6.07, 6.45) is 1.14. The third kappa shape index (κ3) is 3.45. The minimum absolute atomic E-state index is 0.148. The molecular weight excluding hydrogens is 231 g/mol. The largest absolute Gasteiger partial charge is 0.465 e. The van der Waals surface area contributed by atoms with Crippen LogP contribution >= 0.6 is 0 Å². The first kappa shape index (κ1) is 13.3. The first-order valence-electron chi connectivity index (χ1n) is 6.71. The van der Waals surface area contributed by atoms with Crippen LogP contribution in [0.3, 0.4) is 0 Å². The van der Waals surface area contributed by atoms with E-state index in [1.807, 2.05) is 12.1 Å². The molecule has 0 aromatic heterocycles. The molecule has 3 atom stereocenters. The lowest BCUT2D eigenvalue weighted by Gasteiger charge is -2.25. The van der Waals surface area contributed by atoms with E-state index in [-0.39, 0.29) is 12.9 Å². The fourth-order valence-corrected chi connectivity index (χ4v) is 2.05. The van der Waals surface area contributed by atoms with E-state index >= 15 is 0 Å². The van der Waals surface area contributed by atoms with Crippen LogP contribution in [0.15, 0.2) is 24.3 Å². The second kappa shape index (κ2) is 6.19. The summed E-state index contributed by atoms with van der Waals surface area (Å²) in [6, 6.07) is 8.10. The third-order valence-electron chi connectivity index (χ3n) is 3.51. The fourth-order valence-electron chi connectivity index (χ4n) is 2.05. The van der Waals surface area contributed by atoms with Crippen molar-refractivity contribution in [1.82, 2.24) is 0 Å². The number of ether oxygens (including phenoxy) is 2. The molecule has 1 aromatic rings. The van der Waals surface area contributed by atoms with Gasteiger partial charge in [-0.05, 0) is 36.5 Å². The van der Waals surface area contributed by atoms with Crippen molar-refractivity contribution in [2.45, 2.75) is 51.5 Å². The molecule has 1 aromatic carbocycles. The maximum Gasteiger partial charge on any atom is 0.200 e. The Morgan fingerprint density at radius 1 is 1.33 bits per heavy atom. The van der Waals surface area contributed by atoms with Crippen LogP contribution in [0.2, 0.25) is 0 Å². The molecule has 2 nitrogen and oxygen atoms in total. The van der Waals surface area contributed by atoms with Gasteiger partial charge in [0.15, 0.2) is 6.29 Å². The summed E-state index contributed by atoms with van der Waals surface area (Å²) in [5.41, 5.74) is 1.32. The molecule has 0 radical (unpaired) electrons. The zero-order valence-corrected chi connectivity index (χ0v) is 11.1. The van der Waals surface area contributed by atoms with Gasteiger partial charge in [-0.3, -0.25) is 0 Å². The Balaban J connectivity index is 1.90. The van der Waals surface area contributed by atoms with Gasteiger partial charge in [0.25, 0.3) is 0 Å². The number of benzene rings is 1. The maximum atomic E-state index is 12.9. The number of rotatable bonds is 4. The SMILES string of the molecule is CCC(C)c1ccc(OC2CCC(F)CO2)cc1. The lowest BCUT2D eigenvalue weighted by Crippen LogP contribution is -2.30. The van der Waals surface area contributed by atoms with Gasteiger partial charge in [-0.15, -0.1) is 0 Å². The normalized spacial score (nSPS) is 25.7. The average molecular weight is 252 g/mol. The monoisotopic (exact) mass is 252 g/mol. The molecule has 3 heteroatoms. The van der Waals surface area contributed by atoms with E-state index in [4.69, 9.17) is 9.47 Å².